The first-order valence-corrected chi connectivity index (χ1v) is 6.68. The van der Waals surface area contributed by atoms with E-state index in [1.54, 1.807) is 26.2 Å². The van der Waals surface area contributed by atoms with Crippen molar-refractivity contribution >= 4 is 29.3 Å². The molecule has 0 bridgehead atoms. The molecule has 7 heteroatoms. The normalized spacial score (nSPS) is 10.3. The molecule has 0 fully saturated rings. The Morgan fingerprint density at radius 1 is 1.33 bits per heavy atom. The Bertz CT molecular complexity index is 690. The molecule has 0 saturated carbocycles. The molecule has 0 unspecified atom stereocenters. The Kier molecular flexibility index (Phi) is 4.55. The fourth-order valence-corrected chi connectivity index (χ4v) is 2.08. The molecule has 5 nitrogen and oxygen atoms in total. The minimum Gasteiger partial charge on any atom is -0.504 e. The standard InChI is InChI=1S/C14H12Cl2N2O3/c1-18(2)14(20)21-11-5-3-4-9(13(11)19)12-10(16)6-8(15)7-17-12/h3-7,19H,1-2H3. The zero-order chi connectivity index (χ0) is 15.6. The van der Waals surface area contributed by atoms with Gasteiger partial charge in [-0.1, -0.05) is 29.3 Å². The SMILES string of the molecule is CN(C)C(=O)Oc1cccc(-c2ncc(Cl)cc2Cl)c1O. The minimum absolute atomic E-state index is 0.0269. The van der Waals surface area contributed by atoms with E-state index in [0.29, 0.717) is 16.3 Å². The number of nitrogens with zero attached hydrogens (tertiary/aromatic N) is 2. The predicted octanol–water partition coefficient (Wildman–Crippen LogP) is 3.82. The summed E-state index contributed by atoms with van der Waals surface area (Å²) in [6.45, 7) is 0. The van der Waals surface area contributed by atoms with Crippen LogP contribution < -0.4 is 4.74 Å². The smallest absolute Gasteiger partial charge is 0.414 e. The average molecular weight is 327 g/mol. The van der Waals surface area contributed by atoms with Gasteiger partial charge in [0.05, 0.1) is 15.7 Å². The number of aromatic nitrogens is 1. The lowest BCUT2D eigenvalue weighted by Gasteiger charge is -2.13. The maximum atomic E-state index is 11.6. The van der Waals surface area contributed by atoms with Gasteiger partial charge in [-0.25, -0.2) is 4.79 Å². The van der Waals surface area contributed by atoms with Gasteiger partial charge >= 0.3 is 6.09 Å². The summed E-state index contributed by atoms with van der Waals surface area (Å²) in [4.78, 5) is 16.9. The van der Waals surface area contributed by atoms with E-state index in [0.717, 1.165) is 0 Å². The molecule has 21 heavy (non-hydrogen) atoms. The molecule has 2 rings (SSSR count). The zero-order valence-corrected chi connectivity index (χ0v) is 12.8. The molecule has 2 aromatic rings. The molecular weight excluding hydrogens is 315 g/mol. The highest BCUT2D eigenvalue weighted by molar-refractivity contribution is 6.36. The van der Waals surface area contributed by atoms with Crippen molar-refractivity contribution < 1.29 is 14.6 Å². The molecule has 0 radical (unpaired) electrons. The van der Waals surface area contributed by atoms with E-state index in [2.05, 4.69) is 4.98 Å². The second-order valence-corrected chi connectivity index (χ2v) is 5.24. The molecule has 0 aliphatic rings. The highest BCUT2D eigenvalue weighted by Gasteiger charge is 2.17. The van der Waals surface area contributed by atoms with Crippen molar-refractivity contribution in [2.24, 2.45) is 0 Å². The van der Waals surface area contributed by atoms with E-state index in [4.69, 9.17) is 27.9 Å². The van der Waals surface area contributed by atoms with Crippen molar-refractivity contribution in [1.29, 1.82) is 0 Å². The number of para-hydroxylation sites is 1. The molecule has 0 aliphatic carbocycles. The summed E-state index contributed by atoms with van der Waals surface area (Å²) >= 11 is 11.9. The monoisotopic (exact) mass is 326 g/mol. The number of carbonyl (C=O) groups excluding carboxylic acids is 1. The molecular formula is C14H12Cl2N2O3. The van der Waals surface area contributed by atoms with Gasteiger partial charge in [-0.05, 0) is 18.2 Å². The molecule has 1 heterocycles. The van der Waals surface area contributed by atoms with Crippen LogP contribution in [0.2, 0.25) is 10.0 Å². The first-order chi connectivity index (χ1) is 9.90. The van der Waals surface area contributed by atoms with Crippen LogP contribution in [0.15, 0.2) is 30.5 Å². The van der Waals surface area contributed by atoms with Crippen LogP contribution in [-0.4, -0.2) is 35.2 Å². The summed E-state index contributed by atoms with van der Waals surface area (Å²) in [6, 6.07) is 6.23. The first kappa shape index (κ1) is 15.4. The van der Waals surface area contributed by atoms with E-state index < -0.39 is 6.09 Å². The minimum atomic E-state index is -0.599. The number of hydrogen-bond acceptors (Lipinski definition) is 4. The number of pyridine rings is 1. The van der Waals surface area contributed by atoms with E-state index in [1.165, 1.54) is 23.2 Å². The van der Waals surface area contributed by atoms with Crippen LogP contribution >= 0.6 is 23.2 Å². The fraction of sp³-hybridized carbons (Fsp3) is 0.143. The third-order valence-corrected chi connectivity index (χ3v) is 3.12. The number of hydrogen-bond donors (Lipinski definition) is 1. The van der Waals surface area contributed by atoms with Crippen molar-refractivity contribution in [2.75, 3.05) is 14.1 Å². The number of halogens is 2. The van der Waals surface area contributed by atoms with Crippen molar-refractivity contribution in [2.45, 2.75) is 0 Å². The summed E-state index contributed by atoms with van der Waals surface area (Å²) in [6.07, 6.45) is 0.818. The maximum absolute atomic E-state index is 11.6. The van der Waals surface area contributed by atoms with Crippen LogP contribution in [0, 0.1) is 0 Å². The Labute approximate surface area is 131 Å². The topological polar surface area (TPSA) is 62.7 Å². The Morgan fingerprint density at radius 3 is 2.67 bits per heavy atom. The summed E-state index contributed by atoms with van der Waals surface area (Å²) in [5.41, 5.74) is 0.696. The number of ether oxygens (including phenoxy) is 1. The predicted molar refractivity (Wildman–Crippen MR) is 81.1 cm³/mol. The number of benzene rings is 1. The number of aromatic hydroxyl groups is 1. The number of phenols is 1. The van der Waals surface area contributed by atoms with Gasteiger partial charge in [0, 0.05) is 25.9 Å². The Morgan fingerprint density at radius 2 is 2.05 bits per heavy atom. The van der Waals surface area contributed by atoms with Gasteiger partial charge in [-0.2, -0.15) is 0 Å². The first-order valence-electron chi connectivity index (χ1n) is 5.92. The molecule has 0 atom stereocenters. The number of rotatable bonds is 2. The van der Waals surface area contributed by atoms with Gasteiger partial charge in [0.2, 0.25) is 0 Å². The summed E-state index contributed by atoms with van der Waals surface area (Å²) < 4.78 is 5.07. The summed E-state index contributed by atoms with van der Waals surface area (Å²) in [5.74, 6) is -0.191. The van der Waals surface area contributed by atoms with Crippen molar-refractivity contribution in [1.82, 2.24) is 9.88 Å². The summed E-state index contributed by atoms with van der Waals surface area (Å²) in [7, 11) is 3.09. The van der Waals surface area contributed by atoms with Gasteiger partial charge in [-0.15, -0.1) is 0 Å². The van der Waals surface area contributed by atoms with Crippen LogP contribution in [0.25, 0.3) is 11.3 Å². The molecule has 1 amide bonds. The molecule has 0 aliphatic heterocycles. The van der Waals surface area contributed by atoms with Crippen LogP contribution in [0.1, 0.15) is 0 Å². The second-order valence-electron chi connectivity index (χ2n) is 4.40. The third-order valence-electron chi connectivity index (χ3n) is 2.62. The molecule has 0 spiro atoms. The van der Waals surface area contributed by atoms with E-state index >= 15 is 0 Å². The molecule has 110 valence electrons. The average Bonchev–Trinajstić information content (AvgIpc) is 2.41. The quantitative estimate of drug-likeness (QED) is 0.911. The largest absolute Gasteiger partial charge is 0.504 e. The van der Waals surface area contributed by atoms with Crippen LogP contribution in [0.4, 0.5) is 4.79 Å². The lowest BCUT2D eigenvalue weighted by atomic mass is 10.1. The van der Waals surface area contributed by atoms with Gasteiger partial charge in [0.1, 0.15) is 0 Å². The number of carbonyl (C=O) groups is 1. The highest BCUT2D eigenvalue weighted by atomic mass is 35.5. The maximum Gasteiger partial charge on any atom is 0.414 e. The van der Waals surface area contributed by atoms with Crippen molar-refractivity contribution in [3.63, 3.8) is 0 Å². The van der Waals surface area contributed by atoms with E-state index in [-0.39, 0.29) is 16.5 Å². The second kappa shape index (κ2) is 6.20. The fourth-order valence-electron chi connectivity index (χ4n) is 1.59. The Hall–Kier alpha value is -1.98. The number of phenolic OH excluding ortho intramolecular Hbond substituents is 1. The van der Waals surface area contributed by atoms with Crippen LogP contribution in [0.3, 0.4) is 0 Å². The molecule has 0 saturated heterocycles. The number of amides is 1. The molecule has 1 N–H and O–H groups in total. The third kappa shape index (κ3) is 3.37. The lowest BCUT2D eigenvalue weighted by Crippen LogP contribution is -2.25. The Balaban J connectivity index is 2.44. The highest BCUT2D eigenvalue weighted by Crippen LogP contribution is 2.39. The van der Waals surface area contributed by atoms with Gasteiger partial charge in [0.25, 0.3) is 0 Å². The van der Waals surface area contributed by atoms with Gasteiger partial charge in [-0.3, -0.25) is 4.98 Å². The van der Waals surface area contributed by atoms with Crippen LogP contribution in [0.5, 0.6) is 11.5 Å². The molecule has 1 aromatic carbocycles. The van der Waals surface area contributed by atoms with Gasteiger partial charge < -0.3 is 14.7 Å². The van der Waals surface area contributed by atoms with Crippen LogP contribution in [-0.2, 0) is 0 Å². The van der Waals surface area contributed by atoms with E-state index in [1.807, 2.05) is 0 Å². The van der Waals surface area contributed by atoms with Gasteiger partial charge in [0.15, 0.2) is 11.5 Å². The van der Waals surface area contributed by atoms with Crippen molar-refractivity contribution in [3.8, 4) is 22.8 Å². The molecule has 1 aromatic heterocycles. The summed E-state index contributed by atoms with van der Waals surface area (Å²) in [5, 5.41) is 10.9. The van der Waals surface area contributed by atoms with Crippen molar-refractivity contribution in [3.05, 3.63) is 40.5 Å². The van der Waals surface area contributed by atoms with E-state index in [9.17, 15) is 9.90 Å². The zero-order valence-electron chi connectivity index (χ0n) is 11.3. The lowest BCUT2D eigenvalue weighted by molar-refractivity contribution is 0.170.